The fourth-order valence-electron chi connectivity index (χ4n) is 7.41. The molecule has 1 aliphatic heterocycles. The number of hydrogen-bond acceptors (Lipinski definition) is 1. The van der Waals surface area contributed by atoms with Crippen LogP contribution in [0.25, 0.3) is 27.9 Å². The Bertz CT molecular complexity index is 2390. The minimum absolute atomic E-state index is 0.288. The zero-order chi connectivity index (χ0) is 36.1. The van der Waals surface area contributed by atoms with Gasteiger partial charge in [-0.25, -0.2) is 0 Å². The van der Waals surface area contributed by atoms with E-state index in [0.717, 1.165) is 16.5 Å². The molecule has 0 unspecified atom stereocenters. The summed E-state index contributed by atoms with van der Waals surface area (Å²) in [5, 5.41) is 7.46. The van der Waals surface area contributed by atoms with Crippen molar-refractivity contribution in [1.29, 1.82) is 0 Å². The third kappa shape index (κ3) is 6.66. The number of aromatic nitrogens is 1. The van der Waals surface area contributed by atoms with Crippen LogP contribution in [0.4, 0.5) is 0 Å². The van der Waals surface area contributed by atoms with Crippen LogP contribution in [0.5, 0.6) is 0 Å². The summed E-state index contributed by atoms with van der Waals surface area (Å²) >= 11 is 1.79. The Morgan fingerprint density at radius 3 is 1.83 bits per heavy atom. The first kappa shape index (κ1) is 35.6. The Morgan fingerprint density at radius 1 is 0.731 bits per heavy atom. The van der Waals surface area contributed by atoms with E-state index < -0.39 is 7.26 Å². The summed E-state index contributed by atoms with van der Waals surface area (Å²) in [6.07, 6.45) is 8.71. The quantitative estimate of drug-likeness (QED) is 0.115. The first-order valence-electron chi connectivity index (χ1n) is 17.8. The van der Waals surface area contributed by atoms with Crippen LogP contribution in [0.2, 0.25) is 0 Å². The molecule has 1 saturated heterocycles. The van der Waals surface area contributed by atoms with Gasteiger partial charge in [-0.3, -0.25) is 0 Å². The van der Waals surface area contributed by atoms with Crippen molar-refractivity contribution in [3.05, 3.63) is 179 Å². The summed E-state index contributed by atoms with van der Waals surface area (Å²) in [4.78, 5) is 0. The number of nitrogens with zero attached hydrogens (tertiary/aromatic N) is 1. The molecule has 4 heteroatoms. The van der Waals surface area contributed by atoms with Crippen molar-refractivity contribution in [2.24, 2.45) is 0 Å². The first-order chi connectivity index (χ1) is 25.5. The molecule has 7 rings (SSSR count). The molecule has 0 amide bonds. The van der Waals surface area contributed by atoms with Gasteiger partial charge < -0.3 is 0 Å². The fourth-order valence-corrected chi connectivity index (χ4v) is 13.2. The monoisotopic (exact) mass is 871 g/mol. The molecule has 52 heavy (non-hydrogen) atoms. The standard InChI is InChI=1S/C48H42NOP.Os/c1-6-17-37-25-28-45-46-29-26-38(31-48(46)49(35(3)4)47(45)30-37)24-27-40(32-41-34-50-33-39(41)7-2)36(5)51(42-18-11-8-12-19-42,43-20-13-9-14-21-43)44-22-15-10-16-23-44;/h6-23,25-26,28-32,35H,33-34H2,1-4H3;/q+1;/b17-6+,39-7?,40-36?,41-32?;. The molecular weight excluding hydrogens is 828 g/mol. The van der Waals surface area contributed by atoms with Gasteiger partial charge in [-0.1, -0.05) is 12.2 Å². The van der Waals surface area contributed by atoms with Gasteiger partial charge >= 0.3 is 301 Å². The predicted octanol–water partition coefficient (Wildman–Crippen LogP) is 10.4. The summed E-state index contributed by atoms with van der Waals surface area (Å²) in [6, 6.07) is 46.7. The van der Waals surface area contributed by atoms with Crippen molar-refractivity contribution in [3.8, 4) is 16.2 Å². The number of rotatable bonds is 7. The van der Waals surface area contributed by atoms with Crippen molar-refractivity contribution >= 4 is 51.1 Å². The Morgan fingerprint density at radius 2 is 1.29 bits per heavy atom. The van der Waals surface area contributed by atoms with Crippen molar-refractivity contribution in [1.82, 2.24) is 4.57 Å². The fraction of sp³-hybridized carbons (Fsp3) is 0.146. The second kappa shape index (κ2) is 15.9. The van der Waals surface area contributed by atoms with E-state index >= 15 is 0 Å². The molecule has 5 aromatic carbocycles. The Hall–Kier alpha value is -4.77. The average molecular weight is 870 g/mol. The zero-order valence-electron chi connectivity index (χ0n) is 30.1. The number of benzene rings is 5. The van der Waals surface area contributed by atoms with E-state index in [1.54, 1.807) is 17.9 Å². The van der Waals surface area contributed by atoms with Gasteiger partial charge in [-0.05, 0) is 6.92 Å². The Labute approximate surface area is 318 Å². The molecule has 2 heterocycles. The number of fused-ring (bicyclic) bond motifs is 3. The molecule has 6 aromatic rings. The summed E-state index contributed by atoms with van der Waals surface area (Å²) in [7, 11) is -2.46. The summed E-state index contributed by atoms with van der Waals surface area (Å²) < 4.78 is 12.2. The second-order valence-corrected chi connectivity index (χ2v) is 17.2. The van der Waals surface area contributed by atoms with Crippen LogP contribution >= 0.6 is 7.26 Å². The molecule has 0 spiro atoms. The predicted molar refractivity (Wildman–Crippen MR) is 220 cm³/mol. The van der Waals surface area contributed by atoms with Gasteiger partial charge in [0, 0.05) is 0 Å². The van der Waals surface area contributed by atoms with Crippen molar-refractivity contribution < 1.29 is 22.7 Å². The van der Waals surface area contributed by atoms with Crippen LogP contribution in [0.1, 0.15) is 44.9 Å². The molecule has 0 radical (unpaired) electrons. The average Bonchev–Trinajstić information content (AvgIpc) is 3.78. The molecule has 257 valence electrons. The first-order valence-corrected chi connectivity index (χ1v) is 20.9. The van der Waals surface area contributed by atoms with Crippen molar-refractivity contribution in [2.75, 3.05) is 13.2 Å². The molecule has 1 aromatic heterocycles. The van der Waals surface area contributed by atoms with E-state index in [1.807, 2.05) is 0 Å². The van der Waals surface area contributed by atoms with Crippen molar-refractivity contribution in [2.45, 2.75) is 33.7 Å². The third-order valence-corrected chi connectivity index (χ3v) is 15.1. The molecule has 0 N–H and O–H groups in total. The molecule has 0 saturated carbocycles. The molecule has 0 bridgehead atoms. The van der Waals surface area contributed by atoms with Gasteiger partial charge in [0.25, 0.3) is 0 Å². The van der Waals surface area contributed by atoms with E-state index in [0.29, 0.717) is 13.2 Å². The van der Waals surface area contributed by atoms with E-state index in [4.69, 9.17) is 4.74 Å². The molecular formula is C48H42NOOsP+. The van der Waals surface area contributed by atoms with Crippen LogP contribution in [0.15, 0.2) is 168 Å². The van der Waals surface area contributed by atoms with Gasteiger partial charge in [-0.2, -0.15) is 0 Å². The van der Waals surface area contributed by atoms with Crippen LogP contribution in [-0.2, 0) is 22.7 Å². The minimum atomic E-state index is -2.46. The normalized spacial score (nSPS) is 15.4. The van der Waals surface area contributed by atoms with Crippen LogP contribution in [0.3, 0.4) is 0 Å². The maximum absolute atomic E-state index is 5.99. The Balaban J connectivity index is 1.53. The molecule has 0 atom stereocenters. The van der Waals surface area contributed by atoms with Gasteiger partial charge in [0.15, 0.2) is 0 Å². The van der Waals surface area contributed by atoms with Gasteiger partial charge in [0.05, 0.1) is 0 Å². The zero-order valence-corrected chi connectivity index (χ0v) is 33.5. The van der Waals surface area contributed by atoms with E-state index in [2.05, 4.69) is 200 Å². The summed E-state index contributed by atoms with van der Waals surface area (Å²) in [6.45, 7) is 9.85. The van der Waals surface area contributed by atoms with Gasteiger partial charge in [0.1, 0.15) is 0 Å². The summed E-state index contributed by atoms with van der Waals surface area (Å²) in [5.41, 5.74) is 7.99. The third-order valence-electron chi connectivity index (χ3n) is 9.75. The second-order valence-electron chi connectivity index (χ2n) is 13.2. The summed E-state index contributed by atoms with van der Waals surface area (Å²) in [5.74, 6) is 7.44. The van der Waals surface area contributed by atoms with E-state index in [-0.39, 0.29) is 6.04 Å². The molecule has 2 nitrogen and oxygen atoms in total. The topological polar surface area (TPSA) is 14.2 Å². The number of allylic oxidation sites excluding steroid dienone is 5. The molecule has 1 aliphatic rings. The van der Waals surface area contributed by atoms with Crippen LogP contribution in [-0.4, -0.2) is 17.8 Å². The van der Waals surface area contributed by atoms with Gasteiger partial charge in [-0.15, -0.1) is 0 Å². The molecule has 1 fully saturated rings. The van der Waals surface area contributed by atoms with Crippen LogP contribution < -0.4 is 15.9 Å². The van der Waals surface area contributed by atoms with Crippen LogP contribution in [0, 0.1) is 16.2 Å². The molecule has 0 aliphatic carbocycles. The SMILES string of the molecule is CC=C1COCC1=CC(C#Cc1ccc2c3ccc(/C=C/C)cc3n(C(C)C)c2c1)=C([C]#[Os])[P+](c1ccccc1)(c1ccccc1)c1ccccc1. The van der Waals surface area contributed by atoms with E-state index in [1.165, 1.54) is 54.4 Å². The van der Waals surface area contributed by atoms with Gasteiger partial charge in [0.2, 0.25) is 0 Å². The maximum atomic E-state index is 5.99. The number of ether oxygens (including phenoxy) is 1. The Kier molecular flexibility index (Phi) is 10.9. The van der Waals surface area contributed by atoms with Crippen molar-refractivity contribution in [3.63, 3.8) is 0 Å². The number of hydrogen-bond donors (Lipinski definition) is 0. The van der Waals surface area contributed by atoms with E-state index in [9.17, 15) is 0 Å².